The molecule has 0 unspecified atom stereocenters. The Morgan fingerprint density at radius 3 is 1.79 bits per heavy atom. The van der Waals surface area contributed by atoms with Crippen LogP contribution in [0.25, 0.3) is 60.9 Å². The molecular weight excluding hydrogens is 689 g/mol. The molecule has 9 aromatic rings. The molecule has 1 aliphatic carbocycles. The van der Waals surface area contributed by atoms with Crippen LogP contribution >= 0.6 is 0 Å². The van der Waals surface area contributed by atoms with Crippen molar-refractivity contribution in [1.82, 2.24) is 4.57 Å². The van der Waals surface area contributed by atoms with Gasteiger partial charge in [-0.25, -0.2) is 0 Å². The minimum atomic E-state index is -0.114. The summed E-state index contributed by atoms with van der Waals surface area (Å²) in [7, 11) is 0. The average molecular weight is 735 g/mol. The number of hydrogen-bond donors (Lipinski definition) is 0. The van der Waals surface area contributed by atoms with E-state index in [4.69, 9.17) is 0 Å². The van der Waals surface area contributed by atoms with Gasteiger partial charge in [-0.1, -0.05) is 162 Å². The zero-order valence-corrected chi connectivity index (χ0v) is 33.3. The maximum absolute atomic E-state index is 2.48. The third kappa shape index (κ3) is 5.78. The fourth-order valence-electron chi connectivity index (χ4n) is 9.21. The van der Waals surface area contributed by atoms with Gasteiger partial charge in [0, 0.05) is 38.9 Å². The molecule has 0 bridgehead atoms. The first-order valence-corrected chi connectivity index (χ1v) is 20.1. The molecular formula is C55H46N2. The van der Waals surface area contributed by atoms with Crippen LogP contribution in [0.4, 0.5) is 17.1 Å². The van der Waals surface area contributed by atoms with Gasteiger partial charge in [-0.15, -0.1) is 0 Å². The molecule has 1 aromatic heterocycles. The van der Waals surface area contributed by atoms with Crippen molar-refractivity contribution in [2.24, 2.45) is 0 Å². The third-order valence-corrected chi connectivity index (χ3v) is 12.1. The van der Waals surface area contributed by atoms with Crippen LogP contribution in [0.2, 0.25) is 0 Å². The Morgan fingerprint density at radius 1 is 0.439 bits per heavy atom. The molecule has 0 saturated heterocycles. The summed E-state index contributed by atoms with van der Waals surface area (Å²) in [5.74, 6) is 0. The maximum Gasteiger partial charge on any atom is 0.0547 e. The Kier molecular flexibility index (Phi) is 8.09. The highest BCUT2D eigenvalue weighted by atomic mass is 15.1. The van der Waals surface area contributed by atoms with E-state index < -0.39 is 0 Å². The molecule has 1 heterocycles. The van der Waals surface area contributed by atoms with E-state index in [0.717, 1.165) is 11.4 Å². The van der Waals surface area contributed by atoms with Crippen molar-refractivity contribution in [3.8, 4) is 39.1 Å². The summed E-state index contributed by atoms with van der Waals surface area (Å²) in [6, 6.07) is 69.3. The molecule has 8 aromatic carbocycles. The van der Waals surface area contributed by atoms with Crippen molar-refractivity contribution < 1.29 is 0 Å². The zero-order valence-electron chi connectivity index (χ0n) is 33.3. The van der Waals surface area contributed by atoms with E-state index in [1.165, 1.54) is 83.3 Å². The van der Waals surface area contributed by atoms with Crippen molar-refractivity contribution in [2.45, 2.75) is 45.4 Å². The predicted molar refractivity (Wildman–Crippen MR) is 243 cm³/mol. The van der Waals surface area contributed by atoms with Crippen LogP contribution in [-0.2, 0) is 10.8 Å². The summed E-state index contributed by atoms with van der Waals surface area (Å²) in [4.78, 5) is 2.48. The topological polar surface area (TPSA) is 8.17 Å². The van der Waals surface area contributed by atoms with Crippen LogP contribution in [0, 0.1) is 0 Å². The van der Waals surface area contributed by atoms with Crippen molar-refractivity contribution in [3.63, 3.8) is 0 Å². The number of rotatable bonds is 6. The predicted octanol–water partition coefficient (Wildman–Crippen LogP) is 15.2. The SMILES string of the molecule is CC(C)(C)c1cc(-c2ccccc2)ccc1N(c1ccc(-c2ccc3c4ccccc4n(-c4ccccc4)c3c2)cc1)c1ccc2c(c1)C(C)(C)c1ccccc1-2. The molecule has 2 nitrogen and oxygen atoms in total. The number of para-hydroxylation sites is 2. The molecule has 57 heavy (non-hydrogen) atoms. The molecule has 0 radical (unpaired) electrons. The lowest BCUT2D eigenvalue weighted by Crippen LogP contribution is -2.20. The van der Waals surface area contributed by atoms with Crippen LogP contribution in [0.15, 0.2) is 188 Å². The van der Waals surface area contributed by atoms with Crippen LogP contribution < -0.4 is 4.90 Å². The Morgan fingerprint density at radius 2 is 1.02 bits per heavy atom. The molecule has 10 rings (SSSR count). The van der Waals surface area contributed by atoms with Crippen LogP contribution in [0.3, 0.4) is 0 Å². The lowest BCUT2D eigenvalue weighted by Gasteiger charge is -2.33. The first-order valence-electron chi connectivity index (χ1n) is 20.1. The molecule has 2 heteroatoms. The molecule has 0 aliphatic heterocycles. The highest BCUT2D eigenvalue weighted by Gasteiger charge is 2.36. The van der Waals surface area contributed by atoms with E-state index in [0.29, 0.717) is 0 Å². The highest BCUT2D eigenvalue weighted by Crippen LogP contribution is 2.51. The number of anilines is 3. The van der Waals surface area contributed by atoms with E-state index in [1.807, 2.05) is 0 Å². The Hall–Kier alpha value is -6.64. The molecule has 1 aliphatic rings. The van der Waals surface area contributed by atoms with Gasteiger partial charge in [-0.3, -0.25) is 0 Å². The Bertz CT molecular complexity index is 2940. The minimum Gasteiger partial charge on any atom is -0.310 e. The second kappa shape index (κ2) is 13.2. The largest absolute Gasteiger partial charge is 0.310 e. The Labute approximate surface area is 336 Å². The number of aromatic nitrogens is 1. The van der Waals surface area contributed by atoms with Gasteiger partial charge in [0.25, 0.3) is 0 Å². The standard InChI is InChI=1S/C55H46N2/c1-54(2,3)50-34-39(37-16-8-6-9-17-37)27-33-52(50)56(43-30-32-45-44-20-12-14-22-48(44)55(4,5)49(45)36-43)42-28-24-38(25-29-42)40-26-31-47-46-21-13-15-23-51(46)57(53(47)35-40)41-18-10-7-11-19-41/h6-36H,1-5H3. The number of benzene rings is 8. The number of nitrogens with zero attached hydrogens (tertiary/aromatic N) is 2. The molecule has 0 saturated carbocycles. The molecule has 0 spiro atoms. The first kappa shape index (κ1) is 34.8. The number of fused-ring (bicyclic) bond motifs is 6. The van der Waals surface area contributed by atoms with Gasteiger partial charge in [0.05, 0.1) is 11.0 Å². The minimum absolute atomic E-state index is 0.109. The van der Waals surface area contributed by atoms with Crippen LogP contribution in [-0.4, -0.2) is 4.57 Å². The van der Waals surface area contributed by atoms with Crippen LogP contribution in [0.5, 0.6) is 0 Å². The summed E-state index contributed by atoms with van der Waals surface area (Å²) in [6.45, 7) is 11.7. The molecule has 0 atom stereocenters. The lowest BCUT2D eigenvalue weighted by molar-refractivity contribution is 0.591. The van der Waals surface area contributed by atoms with Gasteiger partial charge in [-0.05, 0) is 116 Å². The second-order valence-corrected chi connectivity index (χ2v) is 17.1. The van der Waals surface area contributed by atoms with Crippen molar-refractivity contribution in [1.29, 1.82) is 0 Å². The molecule has 0 amide bonds. The fourth-order valence-corrected chi connectivity index (χ4v) is 9.21. The Balaban J connectivity index is 1.13. The van der Waals surface area contributed by atoms with Gasteiger partial charge in [-0.2, -0.15) is 0 Å². The van der Waals surface area contributed by atoms with Crippen molar-refractivity contribution in [2.75, 3.05) is 4.90 Å². The molecule has 0 N–H and O–H groups in total. The lowest BCUT2D eigenvalue weighted by atomic mass is 9.82. The summed E-state index contributed by atoms with van der Waals surface area (Å²) >= 11 is 0. The summed E-state index contributed by atoms with van der Waals surface area (Å²) in [5, 5.41) is 2.53. The average Bonchev–Trinajstić information content (AvgIpc) is 3.69. The van der Waals surface area contributed by atoms with Crippen LogP contribution in [0.1, 0.15) is 51.3 Å². The second-order valence-electron chi connectivity index (χ2n) is 17.1. The van der Waals surface area contributed by atoms with Crippen molar-refractivity contribution >= 4 is 38.9 Å². The van der Waals surface area contributed by atoms with Gasteiger partial charge in [0.2, 0.25) is 0 Å². The summed E-state index contributed by atoms with van der Waals surface area (Å²) < 4.78 is 2.39. The van der Waals surface area contributed by atoms with E-state index in [2.05, 4.69) is 232 Å². The monoisotopic (exact) mass is 734 g/mol. The quantitative estimate of drug-likeness (QED) is 0.165. The van der Waals surface area contributed by atoms with Gasteiger partial charge < -0.3 is 9.47 Å². The fraction of sp³-hybridized carbons (Fsp3) is 0.127. The van der Waals surface area contributed by atoms with Gasteiger partial charge >= 0.3 is 0 Å². The van der Waals surface area contributed by atoms with E-state index in [1.54, 1.807) is 0 Å². The molecule has 0 fully saturated rings. The normalized spacial score (nSPS) is 13.1. The highest BCUT2D eigenvalue weighted by molar-refractivity contribution is 6.10. The van der Waals surface area contributed by atoms with E-state index in [-0.39, 0.29) is 10.8 Å². The maximum atomic E-state index is 2.48. The van der Waals surface area contributed by atoms with Gasteiger partial charge in [0.15, 0.2) is 0 Å². The molecule has 276 valence electrons. The zero-order chi connectivity index (χ0) is 38.9. The number of hydrogen-bond acceptors (Lipinski definition) is 1. The smallest absolute Gasteiger partial charge is 0.0547 e. The third-order valence-electron chi connectivity index (χ3n) is 12.1. The van der Waals surface area contributed by atoms with Crippen molar-refractivity contribution in [3.05, 3.63) is 205 Å². The van der Waals surface area contributed by atoms with E-state index in [9.17, 15) is 0 Å². The summed E-state index contributed by atoms with van der Waals surface area (Å²) in [6.07, 6.45) is 0. The van der Waals surface area contributed by atoms with Gasteiger partial charge in [0.1, 0.15) is 0 Å². The first-order chi connectivity index (χ1) is 27.7. The van der Waals surface area contributed by atoms with E-state index >= 15 is 0 Å². The summed E-state index contributed by atoms with van der Waals surface area (Å²) in [5.41, 5.74) is 18.4.